The summed E-state index contributed by atoms with van der Waals surface area (Å²) in [5.74, 6) is -2.26. The normalized spacial score (nSPS) is 12.1. The van der Waals surface area contributed by atoms with Crippen LogP contribution in [0, 0.1) is 0 Å². The summed E-state index contributed by atoms with van der Waals surface area (Å²) in [5.41, 5.74) is -1.22. The van der Waals surface area contributed by atoms with Gasteiger partial charge in [0.2, 0.25) is 0 Å². The molecule has 0 aromatic heterocycles. The van der Waals surface area contributed by atoms with Gasteiger partial charge in [0, 0.05) is 10.8 Å². The Morgan fingerprint density at radius 3 is 1.46 bits per heavy atom. The van der Waals surface area contributed by atoms with Gasteiger partial charge in [-0.1, -0.05) is 30.3 Å². The van der Waals surface area contributed by atoms with Gasteiger partial charge in [0.05, 0.1) is 14.7 Å². The number of hydrogen-bond donors (Lipinski definition) is 2. The van der Waals surface area contributed by atoms with E-state index in [1.54, 1.807) is 0 Å². The maximum atomic E-state index is 11.7. The van der Waals surface area contributed by atoms with Crippen molar-refractivity contribution in [1.29, 1.82) is 0 Å². The van der Waals surface area contributed by atoms with Crippen LogP contribution in [0.3, 0.4) is 0 Å². The van der Waals surface area contributed by atoms with Crippen molar-refractivity contribution in [2.45, 2.75) is 14.7 Å². The average Bonchev–Trinajstić information content (AvgIpc) is 2.76. The van der Waals surface area contributed by atoms with Crippen LogP contribution >= 0.6 is 0 Å². The van der Waals surface area contributed by atoms with Crippen molar-refractivity contribution < 1.29 is 138 Å². The predicted molar refractivity (Wildman–Crippen MR) is 119 cm³/mol. The standard InChI is InChI=1S/C20H14N2O11S3.3Na/c23-19-15(35(28,29)30)8-10-3-1-2-4-13(10)17(19)21-22-18-14-6-5-12(34(25,26)27)7-11(14)9-16(20(18)24)36(31,32)33;;;/h1-9,23-24H,(H,25,26,27)(H,28,29,30)(H,31,32,33);;;/q;3*+1/p-3. The van der Waals surface area contributed by atoms with Crippen LogP contribution in [0.5, 0.6) is 11.5 Å². The Bertz CT molecular complexity index is 1950. The summed E-state index contributed by atoms with van der Waals surface area (Å²) in [5, 5.41) is 28.2. The van der Waals surface area contributed by atoms with E-state index in [4.69, 9.17) is 0 Å². The molecule has 0 unspecified atom stereocenters. The summed E-state index contributed by atoms with van der Waals surface area (Å²) in [6.07, 6.45) is 0. The second-order valence-electron chi connectivity index (χ2n) is 7.31. The van der Waals surface area contributed by atoms with Gasteiger partial charge in [0.25, 0.3) is 0 Å². The molecule has 0 atom stereocenters. The first-order valence-electron chi connectivity index (χ1n) is 9.43. The van der Waals surface area contributed by atoms with Gasteiger partial charge < -0.3 is 23.9 Å². The molecule has 19 heteroatoms. The number of fused-ring (bicyclic) bond motifs is 2. The first kappa shape index (κ1) is 36.4. The quantitative estimate of drug-likeness (QED) is 0.121. The number of benzene rings is 4. The summed E-state index contributed by atoms with van der Waals surface area (Å²) in [6, 6.07) is 9.93. The topological polar surface area (TPSA) is 237 Å². The third-order valence-electron chi connectivity index (χ3n) is 5.06. The van der Waals surface area contributed by atoms with E-state index in [0.717, 1.165) is 24.3 Å². The summed E-state index contributed by atoms with van der Waals surface area (Å²) in [6.45, 7) is 0. The third-order valence-corrected chi connectivity index (χ3v) is 7.59. The molecule has 0 bridgehead atoms. The Morgan fingerprint density at radius 2 is 1.00 bits per heavy atom. The Balaban J connectivity index is 0.00000253. The van der Waals surface area contributed by atoms with Crippen LogP contribution in [-0.4, -0.2) is 49.1 Å². The van der Waals surface area contributed by atoms with Crippen molar-refractivity contribution in [2.75, 3.05) is 0 Å². The molecule has 4 rings (SSSR count). The zero-order valence-corrected chi connectivity index (χ0v) is 28.8. The van der Waals surface area contributed by atoms with Gasteiger partial charge in [0.1, 0.15) is 41.7 Å². The number of hydrogen-bond acceptors (Lipinski definition) is 13. The van der Waals surface area contributed by atoms with Gasteiger partial charge >= 0.3 is 88.7 Å². The van der Waals surface area contributed by atoms with E-state index in [9.17, 15) is 49.1 Å². The van der Waals surface area contributed by atoms with E-state index in [-0.39, 0.29) is 110 Å². The maximum absolute atomic E-state index is 11.7. The molecule has 0 saturated heterocycles. The fourth-order valence-electron chi connectivity index (χ4n) is 3.46. The van der Waals surface area contributed by atoms with E-state index in [0.29, 0.717) is 6.07 Å². The SMILES string of the molecule is O=S(=O)([O-])c1ccc2c(N=Nc3c(O)c(S(=O)(=O)[O-])cc4ccccc34)c(O)c(S(=O)(=O)[O-])cc2c1.[Na+].[Na+].[Na+]. The van der Waals surface area contributed by atoms with E-state index in [1.165, 1.54) is 24.3 Å². The van der Waals surface area contributed by atoms with Gasteiger partial charge in [-0.05, 0) is 35.0 Å². The van der Waals surface area contributed by atoms with Gasteiger partial charge in [-0.3, -0.25) is 0 Å². The number of nitrogens with zero attached hydrogens (tertiary/aromatic N) is 2. The van der Waals surface area contributed by atoms with Crippen LogP contribution in [0.25, 0.3) is 21.5 Å². The number of phenolic OH excluding ortho intramolecular Hbond substituents is 2. The maximum Gasteiger partial charge on any atom is 1.00 e. The molecule has 0 saturated carbocycles. The van der Waals surface area contributed by atoms with E-state index in [2.05, 4.69) is 10.2 Å². The first-order chi connectivity index (χ1) is 16.6. The molecule has 4 aromatic rings. The monoisotopic (exact) mass is 620 g/mol. The van der Waals surface area contributed by atoms with Crippen molar-refractivity contribution in [3.05, 3.63) is 54.6 Å². The van der Waals surface area contributed by atoms with Gasteiger partial charge in [-0.15, -0.1) is 10.2 Å². The summed E-state index contributed by atoms with van der Waals surface area (Å²) in [4.78, 5) is -3.01. The molecule has 0 aliphatic carbocycles. The van der Waals surface area contributed by atoms with Crippen LogP contribution < -0.4 is 88.7 Å². The Hall–Kier alpha value is -0.670. The van der Waals surface area contributed by atoms with Crippen molar-refractivity contribution in [3.8, 4) is 11.5 Å². The van der Waals surface area contributed by atoms with Gasteiger partial charge in [-0.25, -0.2) is 25.3 Å². The van der Waals surface area contributed by atoms with Crippen LogP contribution in [0.2, 0.25) is 0 Å². The molecule has 4 aromatic carbocycles. The Morgan fingerprint density at radius 1 is 0.564 bits per heavy atom. The molecule has 188 valence electrons. The van der Waals surface area contributed by atoms with Crippen LogP contribution in [0.4, 0.5) is 11.4 Å². The molecule has 0 aliphatic heterocycles. The zero-order chi connectivity index (χ0) is 26.6. The predicted octanol–water partition coefficient (Wildman–Crippen LogP) is -6.46. The number of azo groups is 1. The van der Waals surface area contributed by atoms with Crippen molar-refractivity contribution >= 4 is 63.3 Å². The van der Waals surface area contributed by atoms with Crippen molar-refractivity contribution in [1.82, 2.24) is 0 Å². The fraction of sp³-hybridized carbons (Fsp3) is 0. The van der Waals surface area contributed by atoms with Gasteiger partial charge in [0.15, 0.2) is 11.5 Å². The molecule has 0 aliphatic rings. The minimum absolute atomic E-state index is 0. The minimum Gasteiger partial charge on any atom is -0.744 e. The Kier molecular flexibility index (Phi) is 12.2. The van der Waals surface area contributed by atoms with E-state index < -0.39 is 67.9 Å². The Labute approximate surface area is 288 Å². The van der Waals surface area contributed by atoms with E-state index in [1.807, 2.05) is 0 Å². The average molecular weight is 620 g/mol. The molecule has 0 heterocycles. The second kappa shape index (κ2) is 13.1. The molecular weight excluding hydrogens is 609 g/mol. The van der Waals surface area contributed by atoms with Crippen molar-refractivity contribution in [3.63, 3.8) is 0 Å². The van der Waals surface area contributed by atoms with Crippen LogP contribution in [0.15, 0.2) is 79.5 Å². The zero-order valence-electron chi connectivity index (χ0n) is 20.4. The molecule has 2 N–H and O–H groups in total. The summed E-state index contributed by atoms with van der Waals surface area (Å²) < 4.78 is 104. The number of rotatable bonds is 5. The molecular formula is C20H11N2Na3O11S3. The first-order valence-corrected chi connectivity index (χ1v) is 13.7. The number of aromatic hydroxyl groups is 2. The smallest absolute Gasteiger partial charge is 0.744 e. The van der Waals surface area contributed by atoms with Crippen molar-refractivity contribution in [2.24, 2.45) is 10.2 Å². The minimum atomic E-state index is -5.35. The van der Waals surface area contributed by atoms with Crippen LogP contribution in [-0.2, 0) is 30.4 Å². The summed E-state index contributed by atoms with van der Waals surface area (Å²) >= 11 is 0. The second-order valence-corrected chi connectivity index (χ2v) is 11.4. The molecule has 13 nitrogen and oxygen atoms in total. The molecule has 0 fully saturated rings. The molecule has 39 heavy (non-hydrogen) atoms. The molecule has 0 spiro atoms. The number of phenols is 2. The third kappa shape index (κ3) is 7.59. The van der Waals surface area contributed by atoms with E-state index >= 15 is 0 Å². The molecule has 0 amide bonds. The van der Waals surface area contributed by atoms with Gasteiger partial charge in [-0.2, -0.15) is 0 Å². The summed E-state index contributed by atoms with van der Waals surface area (Å²) in [7, 11) is -15.5. The molecule has 0 radical (unpaired) electrons. The van der Waals surface area contributed by atoms with Crippen LogP contribution in [0.1, 0.15) is 0 Å². The largest absolute Gasteiger partial charge is 1.00 e. The fourth-order valence-corrected chi connectivity index (χ4v) is 5.18.